The quantitative estimate of drug-likeness (QED) is 0.584. The third kappa shape index (κ3) is 3.00. The van der Waals surface area contributed by atoms with Gasteiger partial charge in [0.15, 0.2) is 0 Å². The van der Waals surface area contributed by atoms with Crippen LogP contribution in [0.15, 0.2) is 65.8 Å². The standard InChI is InChI=1S/C17H15N3O/c1-21-16-9-5-3-7-14(16)12-18-20-17-11-10-13-6-2-4-8-15(13)19-17/h2-12H,1H3,(H,19,20)/b18-12+. The van der Waals surface area contributed by atoms with Crippen molar-refractivity contribution in [1.82, 2.24) is 4.98 Å². The molecule has 3 aromatic rings. The highest BCUT2D eigenvalue weighted by molar-refractivity contribution is 5.84. The fraction of sp³-hybridized carbons (Fsp3) is 0.0588. The van der Waals surface area contributed by atoms with E-state index >= 15 is 0 Å². The number of anilines is 1. The number of para-hydroxylation sites is 2. The summed E-state index contributed by atoms with van der Waals surface area (Å²) in [4.78, 5) is 4.49. The summed E-state index contributed by atoms with van der Waals surface area (Å²) in [6, 6.07) is 19.6. The molecule has 0 aliphatic carbocycles. The molecule has 0 unspecified atom stereocenters. The van der Waals surface area contributed by atoms with Gasteiger partial charge >= 0.3 is 0 Å². The molecular formula is C17H15N3O. The molecule has 0 aliphatic rings. The monoisotopic (exact) mass is 277 g/mol. The molecule has 21 heavy (non-hydrogen) atoms. The molecule has 1 aromatic heterocycles. The summed E-state index contributed by atoms with van der Waals surface area (Å²) in [6.07, 6.45) is 1.72. The Bertz CT molecular complexity index is 784. The molecule has 1 heterocycles. The maximum Gasteiger partial charge on any atom is 0.146 e. The number of nitrogens with zero attached hydrogens (tertiary/aromatic N) is 2. The van der Waals surface area contributed by atoms with E-state index in [4.69, 9.17) is 4.74 Å². The second kappa shape index (κ2) is 6.05. The van der Waals surface area contributed by atoms with Gasteiger partial charge in [0.1, 0.15) is 11.6 Å². The Balaban J connectivity index is 1.78. The highest BCUT2D eigenvalue weighted by atomic mass is 16.5. The van der Waals surface area contributed by atoms with Crippen molar-refractivity contribution in [3.8, 4) is 5.75 Å². The van der Waals surface area contributed by atoms with Crippen LogP contribution in [0.4, 0.5) is 5.82 Å². The van der Waals surface area contributed by atoms with Crippen molar-refractivity contribution < 1.29 is 4.74 Å². The van der Waals surface area contributed by atoms with Crippen LogP contribution in [0.3, 0.4) is 0 Å². The molecule has 0 amide bonds. The van der Waals surface area contributed by atoms with Gasteiger partial charge in [-0.05, 0) is 30.3 Å². The summed E-state index contributed by atoms with van der Waals surface area (Å²) in [6.45, 7) is 0. The number of hydrogen-bond acceptors (Lipinski definition) is 4. The Morgan fingerprint density at radius 1 is 1.00 bits per heavy atom. The van der Waals surface area contributed by atoms with Crippen molar-refractivity contribution in [3.63, 3.8) is 0 Å². The summed E-state index contributed by atoms with van der Waals surface area (Å²) in [5.74, 6) is 1.49. The summed E-state index contributed by atoms with van der Waals surface area (Å²) in [5, 5.41) is 5.32. The molecule has 0 radical (unpaired) electrons. The van der Waals surface area contributed by atoms with Crippen molar-refractivity contribution >= 4 is 22.9 Å². The highest BCUT2D eigenvalue weighted by Gasteiger charge is 1.98. The van der Waals surface area contributed by atoms with Gasteiger partial charge in [0.25, 0.3) is 0 Å². The number of pyridine rings is 1. The number of rotatable bonds is 4. The summed E-state index contributed by atoms with van der Waals surface area (Å²) < 4.78 is 5.27. The second-order valence-corrected chi connectivity index (χ2v) is 4.50. The van der Waals surface area contributed by atoms with E-state index in [1.54, 1.807) is 13.3 Å². The number of benzene rings is 2. The van der Waals surface area contributed by atoms with Gasteiger partial charge in [-0.2, -0.15) is 5.10 Å². The van der Waals surface area contributed by atoms with Crippen molar-refractivity contribution in [2.24, 2.45) is 5.10 Å². The van der Waals surface area contributed by atoms with Crippen molar-refractivity contribution in [2.45, 2.75) is 0 Å². The lowest BCUT2D eigenvalue weighted by atomic mass is 10.2. The lowest BCUT2D eigenvalue weighted by Gasteiger charge is -2.04. The van der Waals surface area contributed by atoms with E-state index in [9.17, 15) is 0 Å². The van der Waals surface area contributed by atoms with Gasteiger partial charge in [-0.25, -0.2) is 4.98 Å². The number of aromatic nitrogens is 1. The normalized spacial score (nSPS) is 10.9. The van der Waals surface area contributed by atoms with Gasteiger partial charge in [0, 0.05) is 10.9 Å². The van der Waals surface area contributed by atoms with Crippen LogP contribution in [-0.2, 0) is 0 Å². The fourth-order valence-corrected chi connectivity index (χ4v) is 2.07. The van der Waals surface area contributed by atoms with E-state index in [0.717, 1.165) is 22.2 Å². The van der Waals surface area contributed by atoms with Crippen LogP contribution in [0.5, 0.6) is 5.75 Å². The number of fused-ring (bicyclic) bond motifs is 1. The number of ether oxygens (including phenoxy) is 1. The number of hydrazone groups is 1. The Morgan fingerprint density at radius 3 is 2.71 bits per heavy atom. The van der Waals surface area contributed by atoms with Gasteiger partial charge in [0.05, 0.1) is 18.8 Å². The minimum absolute atomic E-state index is 0.708. The first-order valence-electron chi connectivity index (χ1n) is 6.65. The molecule has 104 valence electrons. The first-order chi connectivity index (χ1) is 10.4. The molecule has 0 bridgehead atoms. The van der Waals surface area contributed by atoms with Gasteiger partial charge in [-0.3, -0.25) is 5.43 Å². The predicted octanol–water partition coefficient (Wildman–Crippen LogP) is 3.69. The van der Waals surface area contributed by atoms with E-state index in [0.29, 0.717) is 5.82 Å². The van der Waals surface area contributed by atoms with Crippen LogP contribution in [0.1, 0.15) is 5.56 Å². The smallest absolute Gasteiger partial charge is 0.146 e. The van der Waals surface area contributed by atoms with E-state index < -0.39 is 0 Å². The predicted molar refractivity (Wildman–Crippen MR) is 86.0 cm³/mol. The Hall–Kier alpha value is -2.88. The van der Waals surface area contributed by atoms with Gasteiger partial charge in [0.2, 0.25) is 0 Å². The topological polar surface area (TPSA) is 46.5 Å². The lowest BCUT2D eigenvalue weighted by molar-refractivity contribution is 0.414. The lowest BCUT2D eigenvalue weighted by Crippen LogP contribution is -1.95. The largest absolute Gasteiger partial charge is 0.496 e. The van der Waals surface area contributed by atoms with E-state index in [2.05, 4.69) is 15.5 Å². The van der Waals surface area contributed by atoms with Gasteiger partial charge in [-0.15, -0.1) is 0 Å². The van der Waals surface area contributed by atoms with E-state index in [1.807, 2.05) is 60.7 Å². The average Bonchev–Trinajstić information content (AvgIpc) is 2.55. The molecule has 4 nitrogen and oxygen atoms in total. The highest BCUT2D eigenvalue weighted by Crippen LogP contribution is 2.16. The fourth-order valence-electron chi connectivity index (χ4n) is 2.07. The average molecular weight is 277 g/mol. The van der Waals surface area contributed by atoms with E-state index in [1.165, 1.54) is 0 Å². The summed E-state index contributed by atoms with van der Waals surface area (Å²) >= 11 is 0. The molecule has 3 rings (SSSR count). The molecule has 1 N–H and O–H groups in total. The van der Waals surface area contributed by atoms with Crippen molar-refractivity contribution in [1.29, 1.82) is 0 Å². The molecular weight excluding hydrogens is 262 g/mol. The van der Waals surface area contributed by atoms with Crippen LogP contribution in [0.25, 0.3) is 10.9 Å². The minimum atomic E-state index is 0.708. The zero-order valence-electron chi connectivity index (χ0n) is 11.7. The third-order valence-electron chi connectivity index (χ3n) is 3.12. The molecule has 0 spiro atoms. The molecule has 4 heteroatoms. The molecule has 2 aromatic carbocycles. The zero-order chi connectivity index (χ0) is 14.5. The van der Waals surface area contributed by atoms with E-state index in [-0.39, 0.29) is 0 Å². The molecule has 0 aliphatic heterocycles. The second-order valence-electron chi connectivity index (χ2n) is 4.50. The Kier molecular flexibility index (Phi) is 3.78. The maximum absolute atomic E-state index is 5.27. The summed E-state index contributed by atoms with van der Waals surface area (Å²) in [5.41, 5.74) is 4.79. The van der Waals surface area contributed by atoms with Crippen molar-refractivity contribution in [2.75, 3.05) is 12.5 Å². The molecule has 0 fully saturated rings. The number of methoxy groups -OCH3 is 1. The first-order valence-corrected chi connectivity index (χ1v) is 6.65. The molecule has 0 atom stereocenters. The van der Waals surface area contributed by atoms with Crippen LogP contribution < -0.4 is 10.2 Å². The number of hydrogen-bond donors (Lipinski definition) is 1. The van der Waals surface area contributed by atoms with Crippen LogP contribution in [0, 0.1) is 0 Å². The SMILES string of the molecule is COc1ccccc1/C=N/Nc1ccc2ccccc2n1. The third-order valence-corrected chi connectivity index (χ3v) is 3.12. The minimum Gasteiger partial charge on any atom is -0.496 e. The van der Waals surface area contributed by atoms with Gasteiger partial charge in [-0.1, -0.05) is 30.3 Å². The van der Waals surface area contributed by atoms with Crippen LogP contribution in [-0.4, -0.2) is 18.3 Å². The van der Waals surface area contributed by atoms with Crippen LogP contribution in [0.2, 0.25) is 0 Å². The zero-order valence-corrected chi connectivity index (χ0v) is 11.7. The Labute approximate surface area is 123 Å². The molecule has 0 saturated carbocycles. The molecule has 0 saturated heterocycles. The number of nitrogens with one attached hydrogen (secondary N) is 1. The Morgan fingerprint density at radius 2 is 1.81 bits per heavy atom. The van der Waals surface area contributed by atoms with Crippen molar-refractivity contribution in [3.05, 3.63) is 66.2 Å². The van der Waals surface area contributed by atoms with Crippen LogP contribution >= 0.6 is 0 Å². The summed E-state index contributed by atoms with van der Waals surface area (Å²) in [7, 11) is 1.64. The van der Waals surface area contributed by atoms with Gasteiger partial charge < -0.3 is 4.74 Å². The first kappa shape index (κ1) is 13.1. The maximum atomic E-state index is 5.27.